The molecule has 2 aromatic rings. The summed E-state index contributed by atoms with van der Waals surface area (Å²) in [6.07, 6.45) is 3.63. The zero-order valence-corrected chi connectivity index (χ0v) is 15.0. The number of aromatic nitrogens is 4. The number of anilines is 1. The van der Waals surface area contributed by atoms with Crippen molar-refractivity contribution in [1.82, 2.24) is 24.2 Å². The van der Waals surface area contributed by atoms with E-state index in [0.29, 0.717) is 38.4 Å². The Balaban J connectivity index is 1.73. The van der Waals surface area contributed by atoms with Gasteiger partial charge in [0.1, 0.15) is 18.0 Å². The number of rotatable bonds is 4. The van der Waals surface area contributed by atoms with Crippen LogP contribution in [0.15, 0.2) is 17.6 Å². The summed E-state index contributed by atoms with van der Waals surface area (Å²) in [6, 6.07) is 0. The van der Waals surface area contributed by atoms with Crippen molar-refractivity contribution >= 4 is 15.8 Å². The van der Waals surface area contributed by atoms with E-state index in [2.05, 4.69) is 24.8 Å². The molecule has 1 N–H and O–H groups in total. The minimum atomic E-state index is -3.52. The molecule has 8 nitrogen and oxygen atoms in total. The van der Waals surface area contributed by atoms with Crippen molar-refractivity contribution < 1.29 is 8.42 Å². The van der Waals surface area contributed by atoms with E-state index in [1.54, 1.807) is 6.33 Å². The fourth-order valence-corrected chi connectivity index (χ4v) is 4.13. The molecule has 0 bridgehead atoms. The molecule has 3 rings (SSSR count). The molecular weight excluding hydrogens is 328 g/mol. The lowest BCUT2D eigenvalue weighted by Crippen LogP contribution is -2.49. The molecule has 1 fully saturated rings. The van der Waals surface area contributed by atoms with Gasteiger partial charge in [-0.25, -0.2) is 23.4 Å². The second kappa shape index (κ2) is 6.48. The van der Waals surface area contributed by atoms with Crippen molar-refractivity contribution in [1.29, 1.82) is 0 Å². The average molecular weight is 350 g/mol. The Labute approximate surface area is 142 Å². The molecule has 1 aliphatic heterocycles. The third-order valence-electron chi connectivity index (χ3n) is 4.41. The van der Waals surface area contributed by atoms with E-state index in [4.69, 9.17) is 0 Å². The maximum Gasteiger partial charge on any atom is 0.260 e. The second-order valence-electron chi connectivity index (χ2n) is 5.85. The summed E-state index contributed by atoms with van der Waals surface area (Å²) in [4.78, 5) is 17.6. The lowest BCUT2D eigenvalue weighted by Gasteiger charge is -2.35. The molecule has 1 saturated heterocycles. The predicted octanol–water partition coefficient (Wildman–Crippen LogP) is 0.890. The topological polar surface area (TPSA) is 95.1 Å². The molecule has 3 heterocycles. The van der Waals surface area contributed by atoms with E-state index in [9.17, 15) is 8.42 Å². The molecule has 9 heteroatoms. The molecule has 0 radical (unpaired) electrons. The van der Waals surface area contributed by atoms with Crippen LogP contribution >= 0.6 is 0 Å². The van der Waals surface area contributed by atoms with Gasteiger partial charge in [-0.3, -0.25) is 0 Å². The second-order valence-corrected chi connectivity index (χ2v) is 7.75. The van der Waals surface area contributed by atoms with E-state index >= 15 is 0 Å². The van der Waals surface area contributed by atoms with Crippen LogP contribution in [0.1, 0.15) is 24.0 Å². The fraction of sp³-hybridized carbons (Fsp3) is 0.533. The number of aromatic amines is 1. The summed E-state index contributed by atoms with van der Waals surface area (Å²) in [7, 11) is -3.52. The van der Waals surface area contributed by atoms with Crippen molar-refractivity contribution in [2.45, 2.75) is 32.2 Å². The monoisotopic (exact) mass is 350 g/mol. The smallest absolute Gasteiger partial charge is 0.260 e. The maximum absolute atomic E-state index is 12.7. The fourth-order valence-electron chi connectivity index (χ4n) is 2.78. The highest BCUT2D eigenvalue weighted by molar-refractivity contribution is 7.89. The van der Waals surface area contributed by atoms with E-state index in [0.717, 1.165) is 17.1 Å². The zero-order chi connectivity index (χ0) is 17.3. The van der Waals surface area contributed by atoms with Gasteiger partial charge in [0.25, 0.3) is 10.0 Å². The van der Waals surface area contributed by atoms with Gasteiger partial charge in [0.05, 0.1) is 6.20 Å². The van der Waals surface area contributed by atoms with Crippen LogP contribution in [0.4, 0.5) is 5.82 Å². The van der Waals surface area contributed by atoms with Gasteiger partial charge >= 0.3 is 0 Å². The van der Waals surface area contributed by atoms with Crippen LogP contribution in [-0.2, 0) is 16.4 Å². The SMILES string of the molecule is CCc1ncc(S(=O)(=O)N2CCN(c3ncnc(C)c3C)CC2)[nH]1. The Bertz CT molecular complexity index is 824. The molecule has 0 spiro atoms. The third-order valence-corrected chi connectivity index (χ3v) is 6.21. The van der Waals surface area contributed by atoms with Crippen molar-refractivity contribution in [2.75, 3.05) is 31.1 Å². The highest BCUT2D eigenvalue weighted by Crippen LogP contribution is 2.22. The molecule has 2 aromatic heterocycles. The molecule has 0 atom stereocenters. The molecule has 0 saturated carbocycles. The highest BCUT2D eigenvalue weighted by atomic mass is 32.2. The van der Waals surface area contributed by atoms with E-state index in [1.165, 1.54) is 10.5 Å². The molecule has 24 heavy (non-hydrogen) atoms. The minimum absolute atomic E-state index is 0.168. The van der Waals surface area contributed by atoms with E-state index in [-0.39, 0.29) is 5.03 Å². The number of H-pyrrole nitrogens is 1. The van der Waals surface area contributed by atoms with Crippen molar-refractivity contribution in [3.8, 4) is 0 Å². The van der Waals surface area contributed by atoms with Crippen LogP contribution in [0.5, 0.6) is 0 Å². The number of aryl methyl sites for hydroxylation is 2. The van der Waals surface area contributed by atoms with Gasteiger partial charge in [-0.2, -0.15) is 4.31 Å². The van der Waals surface area contributed by atoms with Crippen LogP contribution in [0.3, 0.4) is 0 Å². The number of imidazole rings is 1. The van der Waals surface area contributed by atoms with Crippen LogP contribution in [0.2, 0.25) is 0 Å². The molecule has 1 aliphatic rings. The first-order chi connectivity index (χ1) is 11.4. The summed E-state index contributed by atoms with van der Waals surface area (Å²) < 4.78 is 26.9. The van der Waals surface area contributed by atoms with Gasteiger partial charge in [-0.05, 0) is 13.8 Å². The number of hydrogen-bond acceptors (Lipinski definition) is 6. The third kappa shape index (κ3) is 3.01. The Morgan fingerprint density at radius 1 is 1.12 bits per heavy atom. The van der Waals surface area contributed by atoms with Gasteiger partial charge in [0, 0.05) is 43.9 Å². The Hall–Kier alpha value is -2.00. The first kappa shape index (κ1) is 16.8. The summed E-state index contributed by atoms with van der Waals surface area (Å²) in [5, 5.41) is 0.168. The largest absolute Gasteiger partial charge is 0.354 e. The standard InChI is InChI=1S/C15H22N6O2S/c1-4-13-16-9-14(19-13)24(22,23)21-7-5-20(6-8-21)15-11(2)12(3)17-10-18-15/h9-10H,4-8H2,1-3H3,(H,16,19). The van der Waals surface area contributed by atoms with Gasteiger partial charge in [-0.1, -0.05) is 6.92 Å². The van der Waals surface area contributed by atoms with Crippen LogP contribution < -0.4 is 4.90 Å². The first-order valence-corrected chi connectivity index (χ1v) is 9.44. The minimum Gasteiger partial charge on any atom is -0.354 e. The number of piperazine rings is 1. The Morgan fingerprint density at radius 3 is 2.46 bits per heavy atom. The number of hydrogen-bond donors (Lipinski definition) is 1. The quantitative estimate of drug-likeness (QED) is 0.880. The van der Waals surface area contributed by atoms with Crippen LogP contribution in [-0.4, -0.2) is 58.8 Å². The van der Waals surface area contributed by atoms with Crippen LogP contribution in [0.25, 0.3) is 0 Å². The van der Waals surface area contributed by atoms with Gasteiger partial charge in [0.2, 0.25) is 0 Å². The number of nitrogens with one attached hydrogen (secondary N) is 1. The zero-order valence-electron chi connectivity index (χ0n) is 14.2. The number of nitrogens with zero attached hydrogens (tertiary/aromatic N) is 5. The summed E-state index contributed by atoms with van der Waals surface area (Å²) >= 11 is 0. The summed E-state index contributed by atoms with van der Waals surface area (Å²) in [5.41, 5.74) is 1.98. The number of sulfonamides is 1. The van der Waals surface area contributed by atoms with Crippen molar-refractivity contribution in [3.05, 3.63) is 29.6 Å². The lowest BCUT2D eigenvalue weighted by atomic mass is 10.2. The maximum atomic E-state index is 12.7. The molecule has 0 unspecified atom stereocenters. The molecular formula is C15H22N6O2S. The average Bonchev–Trinajstić information content (AvgIpc) is 3.07. The van der Waals surface area contributed by atoms with Crippen molar-refractivity contribution in [3.63, 3.8) is 0 Å². The van der Waals surface area contributed by atoms with Crippen molar-refractivity contribution in [2.24, 2.45) is 0 Å². The lowest BCUT2D eigenvalue weighted by molar-refractivity contribution is 0.382. The van der Waals surface area contributed by atoms with Crippen LogP contribution in [0, 0.1) is 13.8 Å². The highest BCUT2D eigenvalue weighted by Gasteiger charge is 2.30. The Morgan fingerprint density at radius 2 is 1.83 bits per heavy atom. The van der Waals surface area contributed by atoms with E-state index < -0.39 is 10.0 Å². The van der Waals surface area contributed by atoms with Gasteiger partial charge in [0.15, 0.2) is 5.03 Å². The van der Waals surface area contributed by atoms with E-state index in [1.807, 2.05) is 20.8 Å². The molecule has 0 amide bonds. The van der Waals surface area contributed by atoms with Gasteiger partial charge in [-0.15, -0.1) is 0 Å². The predicted molar refractivity (Wildman–Crippen MR) is 90.4 cm³/mol. The Kier molecular flexibility index (Phi) is 4.55. The molecule has 130 valence electrons. The molecule has 0 aromatic carbocycles. The summed E-state index contributed by atoms with van der Waals surface area (Å²) in [5.74, 6) is 1.56. The normalized spacial score (nSPS) is 16.5. The molecule has 0 aliphatic carbocycles. The first-order valence-electron chi connectivity index (χ1n) is 8.00. The van der Waals surface area contributed by atoms with Gasteiger partial charge < -0.3 is 9.88 Å². The summed E-state index contributed by atoms with van der Waals surface area (Å²) in [6.45, 7) is 7.92.